The second kappa shape index (κ2) is 11.3. The fourth-order valence-electron chi connectivity index (χ4n) is 3.80. The Labute approximate surface area is 195 Å². The van der Waals surface area contributed by atoms with E-state index in [-0.39, 0.29) is 30.9 Å². The number of anilines is 2. The van der Waals surface area contributed by atoms with E-state index in [1.54, 1.807) is 36.4 Å². The predicted molar refractivity (Wildman–Crippen MR) is 129 cm³/mol. The number of para-hydroxylation sites is 2. The van der Waals surface area contributed by atoms with Crippen molar-refractivity contribution >= 4 is 33.2 Å². The molecule has 178 valence electrons. The number of hydrogen-bond donors (Lipinski definition) is 2. The monoisotopic (exact) mass is 473 g/mol. The summed E-state index contributed by atoms with van der Waals surface area (Å²) in [5.41, 5.74) is 2.25. The van der Waals surface area contributed by atoms with Crippen LogP contribution in [0.3, 0.4) is 0 Å². The molecule has 0 spiro atoms. The van der Waals surface area contributed by atoms with Gasteiger partial charge in [0, 0.05) is 26.1 Å². The Morgan fingerprint density at radius 3 is 2.55 bits per heavy atom. The molecule has 1 aliphatic rings. The average molecular weight is 474 g/mol. The highest BCUT2D eigenvalue weighted by molar-refractivity contribution is 7.92. The fraction of sp³-hybridized carbons (Fsp3) is 0.417. The molecule has 0 aromatic heterocycles. The number of ether oxygens (including phenoxy) is 1. The molecule has 0 saturated carbocycles. The molecular weight excluding hydrogens is 442 g/mol. The maximum atomic E-state index is 12.6. The topological polar surface area (TPSA) is 105 Å². The summed E-state index contributed by atoms with van der Waals surface area (Å²) in [6, 6.07) is 14.1. The first-order valence-electron chi connectivity index (χ1n) is 11.1. The summed E-state index contributed by atoms with van der Waals surface area (Å²) in [5.74, 6) is -0.559. The normalized spacial score (nSPS) is 15.8. The summed E-state index contributed by atoms with van der Waals surface area (Å²) >= 11 is 0. The Hall–Kier alpha value is -2.91. The summed E-state index contributed by atoms with van der Waals surface area (Å²) in [6.45, 7) is 3.18. The minimum Gasteiger partial charge on any atom is -0.376 e. The molecule has 33 heavy (non-hydrogen) atoms. The van der Waals surface area contributed by atoms with Gasteiger partial charge >= 0.3 is 0 Å². The molecule has 0 radical (unpaired) electrons. The highest BCUT2D eigenvalue weighted by Gasteiger charge is 2.20. The van der Waals surface area contributed by atoms with Gasteiger partial charge in [0.25, 0.3) is 5.91 Å². The molecule has 3 rings (SSSR count). The van der Waals surface area contributed by atoms with Crippen molar-refractivity contribution in [2.75, 3.05) is 35.6 Å². The first-order valence-corrected chi connectivity index (χ1v) is 12.9. The molecule has 1 saturated heterocycles. The molecular formula is C24H31N3O5S. The number of amides is 2. The highest BCUT2D eigenvalue weighted by atomic mass is 32.2. The molecule has 2 aromatic rings. The smallest absolute Gasteiger partial charge is 0.253 e. The second-order valence-corrected chi connectivity index (χ2v) is 10.1. The van der Waals surface area contributed by atoms with Crippen molar-refractivity contribution in [3.63, 3.8) is 0 Å². The van der Waals surface area contributed by atoms with Crippen molar-refractivity contribution in [2.45, 2.75) is 38.7 Å². The molecule has 1 unspecified atom stereocenters. The van der Waals surface area contributed by atoms with Crippen molar-refractivity contribution in [2.24, 2.45) is 0 Å². The Bertz CT molecular complexity index is 1080. The zero-order chi connectivity index (χ0) is 23.8. The van der Waals surface area contributed by atoms with Crippen LogP contribution < -0.4 is 14.9 Å². The number of sulfonamides is 1. The van der Waals surface area contributed by atoms with Gasteiger partial charge in [0.05, 0.1) is 29.3 Å². The highest BCUT2D eigenvalue weighted by Crippen LogP contribution is 2.23. The first kappa shape index (κ1) is 24.7. The summed E-state index contributed by atoms with van der Waals surface area (Å²) in [4.78, 5) is 25.2. The molecule has 0 aliphatic carbocycles. The number of benzene rings is 2. The van der Waals surface area contributed by atoms with E-state index in [1.165, 1.54) is 4.31 Å². The largest absolute Gasteiger partial charge is 0.376 e. The van der Waals surface area contributed by atoms with Crippen LogP contribution in [0.25, 0.3) is 0 Å². The van der Waals surface area contributed by atoms with Crippen LogP contribution >= 0.6 is 0 Å². The van der Waals surface area contributed by atoms with Crippen LogP contribution in [0.1, 0.15) is 41.6 Å². The van der Waals surface area contributed by atoms with Crippen LogP contribution in [0.5, 0.6) is 0 Å². The number of carbonyl (C=O) groups excluding carboxylic acids is 2. The van der Waals surface area contributed by atoms with Gasteiger partial charge in [0.15, 0.2) is 0 Å². The van der Waals surface area contributed by atoms with E-state index in [0.717, 1.165) is 24.7 Å². The van der Waals surface area contributed by atoms with Crippen LogP contribution in [0, 0.1) is 6.92 Å². The maximum absolute atomic E-state index is 12.6. The first-order chi connectivity index (χ1) is 15.8. The Kier molecular flexibility index (Phi) is 8.46. The Morgan fingerprint density at radius 2 is 1.85 bits per heavy atom. The number of hydrogen-bond acceptors (Lipinski definition) is 5. The quantitative estimate of drug-likeness (QED) is 0.552. The minimum absolute atomic E-state index is 0.0294. The third-order valence-corrected chi connectivity index (χ3v) is 6.69. The lowest BCUT2D eigenvalue weighted by atomic mass is 10.1. The van der Waals surface area contributed by atoms with Gasteiger partial charge < -0.3 is 15.4 Å². The SMILES string of the molecule is Cc1ccccc1N(CCCC(=O)Nc1ccccc1C(=O)NCC1CCCO1)S(C)(=O)=O. The van der Waals surface area contributed by atoms with Gasteiger partial charge in [0.2, 0.25) is 15.9 Å². The number of nitrogens with one attached hydrogen (secondary N) is 2. The molecule has 1 fully saturated rings. The van der Waals surface area contributed by atoms with Crippen molar-refractivity contribution in [1.82, 2.24) is 5.32 Å². The molecule has 9 heteroatoms. The van der Waals surface area contributed by atoms with E-state index in [0.29, 0.717) is 36.5 Å². The molecule has 2 aromatic carbocycles. The summed E-state index contributed by atoms with van der Waals surface area (Å²) in [7, 11) is -3.49. The van der Waals surface area contributed by atoms with Gasteiger partial charge in [-0.1, -0.05) is 30.3 Å². The molecule has 8 nitrogen and oxygen atoms in total. The molecule has 2 amide bonds. The second-order valence-electron chi connectivity index (χ2n) is 8.16. The summed E-state index contributed by atoms with van der Waals surface area (Å²) < 4.78 is 31.4. The zero-order valence-corrected chi connectivity index (χ0v) is 19.9. The lowest BCUT2D eigenvalue weighted by molar-refractivity contribution is -0.116. The molecule has 1 heterocycles. The summed E-state index contributed by atoms with van der Waals surface area (Å²) in [6.07, 6.45) is 3.55. The Morgan fingerprint density at radius 1 is 1.12 bits per heavy atom. The standard InChI is InChI=1S/C24H31N3O5S/c1-18-9-3-6-13-22(18)27(33(2,30)31)15-7-14-23(28)26-21-12-5-4-11-20(21)24(29)25-17-19-10-8-16-32-19/h3-6,9,11-13,19H,7-8,10,14-17H2,1-2H3,(H,25,29)(H,26,28). The number of aryl methyl sites for hydroxylation is 1. The van der Waals surface area contributed by atoms with Crippen LogP contribution in [-0.4, -0.2) is 52.3 Å². The van der Waals surface area contributed by atoms with Crippen LogP contribution in [-0.2, 0) is 19.6 Å². The van der Waals surface area contributed by atoms with E-state index in [2.05, 4.69) is 10.6 Å². The average Bonchev–Trinajstić information content (AvgIpc) is 3.29. The van der Waals surface area contributed by atoms with Gasteiger partial charge in [-0.3, -0.25) is 13.9 Å². The minimum atomic E-state index is -3.49. The maximum Gasteiger partial charge on any atom is 0.253 e. The van der Waals surface area contributed by atoms with Gasteiger partial charge in [-0.25, -0.2) is 8.42 Å². The van der Waals surface area contributed by atoms with Gasteiger partial charge in [0.1, 0.15) is 0 Å². The fourth-order valence-corrected chi connectivity index (χ4v) is 4.82. The number of carbonyl (C=O) groups is 2. The zero-order valence-electron chi connectivity index (χ0n) is 19.0. The van der Waals surface area contributed by atoms with Gasteiger partial charge in [-0.05, 0) is 49.9 Å². The third-order valence-electron chi connectivity index (χ3n) is 5.51. The van der Waals surface area contributed by atoms with Crippen molar-refractivity contribution in [3.05, 3.63) is 59.7 Å². The third kappa shape index (κ3) is 7.03. The van der Waals surface area contributed by atoms with Crippen LogP contribution in [0.15, 0.2) is 48.5 Å². The van der Waals surface area contributed by atoms with E-state index < -0.39 is 10.0 Å². The number of rotatable bonds is 10. The number of nitrogens with zero attached hydrogens (tertiary/aromatic N) is 1. The van der Waals surface area contributed by atoms with Gasteiger partial charge in [-0.15, -0.1) is 0 Å². The van der Waals surface area contributed by atoms with Crippen molar-refractivity contribution in [1.29, 1.82) is 0 Å². The molecule has 1 atom stereocenters. The van der Waals surface area contributed by atoms with E-state index in [1.807, 2.05) is 19.1 Å². The predicted octanol–water partition coefficient (Wildman–Crippen LogP) is 3.09. The Balaban J connectivity index is 1.57. The van der Waals surface area contributed by atoms with Gasteiger partial charge in [-0.2, -0.15) is 0 Å². The van der Waals surface area contributed by atoms with Crippen molar-refractivity contribution in [3.8, 4) is 0 Å². The van der Waals surface area contributed by atoms with E-state index in [9.17, 15) is 18.0 Å². The summed E-state index contributed by atoms with van der Waals surface area (Å²) in [5, 5.41) is 5.65. The lowest BCUT2D eigenvalue weighted by Crippen LogP contribution is -2.33. The molecule has 2 N–H and O–H groups in total. The lowest BCUT2D eigenvalue weighted by Gasteiger charge is -2.24. The molecule has 0 bridgehead atoms. The van der Waals surface area contributed by atoms with E-state index >= 15 is 0 Å². The van der Waals surface area contributed by atoms with E-state index in [4.69, 9.17) is 4.74 Å². The van der Waals surface area contributed by atoms with Crippen LogP contribution in [0.2, 0.25) is 0 Å². The van der Waals surface area contributed by atoms with Crippen molar-refractivity contribution < 1.29 is 22.7 Å². The van der Waals surface area contributed by atoms with Crippen LogP contribution in [0.4, 0.5) is 11.4 Å². The molecule has 1 aliphatic heterocycles.